The van der Waals surface area contributed by atoms with Gasteiger partial charge < -0.3 is 62.6 Å². The molecule has 3 N–H and O–H groups in total. The summed E-state index contributed by atoms with van der Waals surface area (Å²) in [5.74, 6) is -10.2. The van der Waals surface area contributed by atoms with Crippen LogP contribution in [0.4, 0.5) is 0 Å². The second kappa shape index (κ2) is 22.4. The molecule has 354 valence electrons. The second-order valence-corrected chi connectivity index (χ2v) is 21.5. The van der Waals surface area contributed by atoms with E-state index in [1.165, 1.54) is 0 Å². The highest BCUT2D eigenvalue weighted by Gasteiger charge is 2.63. The van der Waals surface area contributed by atoms with Gasteiger partial charge in [0.1, 0.15) is 37.1 Å². The summed E-state index contributed by atoms with van der Waals surface area (Å²) in [5, 5.41) is 25.5. The van der Waals surface area contributed by atoms with Crippen LogP contribution in [-0.4, -0.2) is 140 Å². The number of carboxylic acid groups (broad SMARTS) is 1. The lowest BCUT2D eigenvalue weighted by molar-refractivity contribution is -0.365. The van der Waals surface area contributed by atoms with Crippen molar-refractivity contribution in [3.63, 3.8) is 0 Å². The van der Waals surface area contributed by atoms with Crippen molar-refractivity contribution < 1.29 is 90.8 Å². The van der Waals surface area contributed by atoms with Gasteiger partial charge in [0.05, 0.1) is 25.7 Å². The first-order chi connectivity index (χ1) is 29.2. The summed E-state index contributed by atoms with van der Waals surface area (Å²) >= 11 is 0. The minimum Gasteiger partial charge on any atom is -0.477 e. The molecule has 1 aromatic rings. The van der Waals surface area contributed by atoms with Gasteiger partial charge in [0, 0.05) is 41.5 Å². The van der Waals surface area contributed by atoms with Gasteiger partial charge in [-0.25, -0.2) is 4.79 Å². The van der Waals surface area contributed by atoms with E-state index in [9.17, 15) is 43.8 Å². The Morgan fingerprint density at radius 2 is 1.48 bits per heavy atom. The van der Waals surface area contributed by atoms with Crippen LogP contribution in [-0.2, 0) is 87.2 Å². The van der Waals surface area contributed by atoms with E-state index in [1.807, 2.05) is 71.1 Å². The highest BCUT2D eigenvalue weighted by molar-refractivity contribution is 6.74. The molecule has 0 spiro atoms. The number of esters is 5. The number of aliphatic carboxylic acids is 1. The van der Waals surface area contributed by atoms with E-state index in [-0.39, 0.29) is 19.1 Å². The molecule has 2 saturated heterocycles. The standard InChI is InChI=1S/C42H63NO19Si/c1-22(2)41(9,10)63(11,12)62-39-34(50)38(36(58-28(8)49)31(59-39)20-53-19-29-16-14-13-15-17-29)61-42(40(51)52)18-30(55-25(5)46)33(43-23(3)44)37(60-42)35(57-27(7)48)32(56-26(6)47)21-54-24(4)45/h13-17,22,30-39,50H,18-21H2,1-12H3,(H,43,44)(H,51,52)/t30-,31+,32+,33+,34+,35+,36-,37+,38+,39-,42-/m0/s1. The van der Waals surface area contributed by atoms with Crippen molar-refractivity contribution in [2.24, 2.45) is 5.92 Å². The molecule has 0 aliphatic carbocycles. The number of benzene rings is 1. The zero-order chi connectivity index (χ0) is 47.6. The summed E-state index contributed by atoms with van der Waals surface area (Å²) in [4.78, 5) is 89.1. The first-order valence-electron chi connectivity index (χ1n) is 20.5. The van der Waals surface area contributed by atoms with Crippen LogP contribution in [0.3, 0.4) is 0 Å². The fourth-order valence-corrected chi connectivity index (χ4v) is 9.66. The molecule has 2 heterocycles. The molecular formula is C42H63NO19Si. The highest BCUT2D eigenvalue weighted by Crippen LogP contribution is 2.47. The van der Waals surface area contributed by atoms with E-state index in [4.69, 9.17) is 47.1 Å². The number of rotatable bonds is 20. The Bertz CT molecular complexity index is 1770. The molecule has 0 unspecified atom stereocenters. The number of hydrogen-bond donors (Lipinski definition) is 3. The number of carbonyl (C=O) groups excluding carboxylic acids is 6. The zero-order valence-electron chi connectivity index (χ0n) is 37.9. The lowest BCUT2D eigenvalue weighted by Crippen LogP contribution is -2.71. The predicted octanol–water partition coefficient (Wildman–Crippen LogP) is 2.70. The number of nitrogens with one attached hydrogen (secondary N) is 1. The summed E-state index contributed by atoms with van der Waals surface area (Å²) < 4.78 is 59.2. The summed E-state index contributed by atoms with van der Waals surface area (Å²) in [7, 11) is -2.91. The van der Waals surface area contributed by atoms with Crippen molar-refractivity contribution in [3.05, 3.63) is 35.9 Å². The van der Waals surface area contributed by atoms with Crippen LogP contribution in [0.2, 0.25) is 18.1 Å². The maximum atomic E-state index is 13.8. The SMILES string of the molecule is CC(=O)N[C@H]1[C@H]([C@H](OC(C)=O)[C@@H](COC(C)=O)OC(C)=O)O[C@@](O[C@@H]2[C@@H](O)[C@H](O[Si](C)(C)C(C)(C)C(C)C)O[C@H](COCc3ccccc3)[C@@H]2OC(C)=O)(C(=O)O)C[C@@H]1OC(C)=O. The van der Waals surface area contributed by atoms with Gasteiger partial charge in [-0.3, -0.25) is 28.8 Å². The fourth-order valence-electron chi connectivity index (χ4n) is 7.19. The van der Waals surface area contributed by atoms with Gasteiger partial charge >= 0.3 is 35.8 Å². The Morgan fingerprint density at radius 1 is 0.873 bits per heavy atom. The molecule has 1 amide bonds. The molecule has 2 aliphatic heterocycles. The first-order valence-corrected chi connectivity index (χ1v) is 23.4. The van der Waals surface area contributed by atoms with E-state index >= 15 is 0 Å². The smallest absolute Gasteiger partial charge is 0.364 e. The number of carbonyl (C=O) groups is 7. The minimum absolute atomic E-state index is 0.0700. The Labute approximate surface area is 367 Å². The Morgan fingerprint density at radius 3 is 1.98 bits per heavy atom. The number of hydrogen-bond acceptors (Lipinski definition) is 18. The van der Waals surface area contributed by atoms with Gasteiger partial charge in [-0.1, -0.05) is 58.0 Å². The largest absolute Gasteiger partial charge is 0.477 e. The molecular weight excluding hydrogens is 851 g/mol. The zero-order valence-corrected chi connectivity index (χ0v) is 38.9. The van der Waals surface area contributed by atoms with Crippen molar-refractivity contribution in [2.75, 3.05) is 13.2 Å². The van der Waals surface area contributed by atoms with Crippen molar-refractivity contribution in [1.82, 2.24) is 5.32 Å². The maximum absolute atomic E-state index is 13.8. The van der Waals surface area contributed by atoms with Crippen LogP contribution >= 0.6 is 0 Å². The van der Waals surface area contributed by atoms with Crippen LogP contribution in [0.5, 0.6) is 0 Å². The first kappa shape index (κ1) is 52.8. The molecule has 2 aliphatic rings. The van der Waals surface area contributed by atoms with Crippen LogP contribution in [0.15, 0.2) is 30.3 Å². The average molecular weight is 914 g/mol. The minimum atomic E-state index is -3.04. The normalized spacial score (nSPS) is 27.3. The molecule has 0 radical (unpaired) electrons. The molecule has 0 saturated carbocycles. The number of aliphatic hydroxyl groups is 1. The third-order valence-corrected chi connectivity index (χ3v) is 15.9. The number of carboxylic acids is 1. The molecule has 21 heteroatoms. The third-order valence-electron chi connectivity index (χ3n) is 11.4. The van der Waals surface area contributed by atoms with E-state index in [0.29, 0.717) is 0 Å². The van der Waals surface area contributed by atoms with Crippen molar-refractivity contribution in [3.8, 4) is 0 Å². The van der Waals surface area contributed by atoms with Gasteiger partial charge in [0.15, 0.2) is 32.9 Å². The number of amides is 1. The quantitative estimate of drug-likeness (QED) is 0.0964. The van der Waals surface area contributed by atoms with Crippen LogP contribution in [0.25, 0.3) is 0 Å². The monoisotopic (exact) mass is 913 g/mol. The summed E-state index contributed by atoms with van der Waals surface area (Å²) in [5.41, 5.74) is 0.782. The van der Waals surface area contributed by atoms with E-state index in [0.717, 1.165) is 47.1 Å². The van der Waals surface area contributed by atoms with Crippen molar-refractivity contribution in [1.29, 1.82) is 0 Å². The lowest BCUT2D eigenvalue weighted by atomic mass is 9.87. The summed E-state index contributed by atoms with van der Waals surface area (Å²) in [6.45, 7) is 17.1. The topological polar surface area (TPSA) is 264 Å². The number of aliphatic hydroxyl groups excluding tert-OH is 1. The van der Waals surface area contributed by atoms with E-state index in [2.05, 4.69) is 5.32 Å². The van der Waals surface area contributed by atoms with Crippen LogP contribution < -0.4 is 5.32 Å². The highest BCUT2D eigenvalue weighted by atomic mass is 28.4. The van der Waals surface area contributed by atoms with Crippen LogP contribution in [0.1, 0.15) is 81.2 Å². The maximum Gasteiger partial charge on any atom is 0.364 e. The van der Waals surface area contributed by atoms with Crippen molar-refractivity contribution in [2.45, 2.75) is 167 Å². The second-order valence-electron chi connectivity index (χ2n) is 16.9. The molecule has 3 rings (SSSR count). The lowest BCUT2D eigenvalue weighted by Gasteiger charge is -2.52. The van der Waals surface area contributed by atoms with Gasteiger partial charge in [-0.15, -0.1) is 0 Å². The van der Waals surface area contributed by atoms with Crippen LogP contribution in [0, 0.1) is 5.92 Å². The Hall–Kier alpha value is -4.51. The Kier molecular flexibility index (Phi) is 18.8. The van der Waals surface area contributed by atoms with Gasteiger partial charge in [0.25, 0.3) is 5.79 Å². The number of ether oxygens (including phenoxy) is 9. The van der Waals surface area contributed by atoms with Gasteiger partial charge in [-0.2, -0.15) is 0 Å². The van der Waals surface area contributed by atoms with E-state index < -0.39 is 135 Å². The molecule has 20 nitrogen and oxygen atoms in total. The van der Waals surface area contributed by atoms with Gasteiger partial charge in [-0.05, 0) is 29.6 Å². The van der Waals surface area contributed by atoms with Gasteiger partial charge in [0.2, 0.25) is 5.91 Å². The molecule has 1 aromatic carbocycles. The summed E-state index contributed by atoms with van der Waals surface area (Å²) in [6.07, 6.45) is -16.4. The molecule has 0 bridgehead atoms. The van der Waals surface area contributed by atoms with E-state index in [1.54, 1.807) is 0 Å². The molecule has 0 aromatic heterocycles. The summed E-state index contributed by atoms with van der Waals surface area (Å²) in [6, 6.07) is 7.51. The predicted molar refractivity (Wildman–Crippen MR) is 219 cm³/mol. The molecule has 63 heavy (non-hydrogen) atoms. The third kappa shape index (κ3) is 14.2. The molecule has 11 atom stereocenters. The molecule has 2 fully saturated rings. The average Bonchev–Trinajstić information content (AvgIpc) is 3.15. The Balaban J connectivity index is 2.31. The van der Waals surface area contributed by atoms with Crippen molar-refractivity contribution >= 4 is 50.0 Å². The fraction of sp³-hybridized carbons (Fsp3) is 0.690.